The SMILES string of the molecule is Nc1cc(F)cc(S(=O)CC(=O)NC2CC2)c1. The van der Waals surface area contributed by atoms with Crippen molar-refractivity contribution < 1.29 is 13.4 Å². The van der Waals surface area contributed by atoms with Crippen LogP contribution in [0.3, 0.4) is 0 Å². The Kier molecular flexibility index (Phi) is 3.42. The van der Waals surface area contributed by atoms with Crippen LogP contribution >= 0.6 is 0 Å². The topological polar surface area (TPSA) is 72.2 Å². The van der Waals surface area contributed by atoms with E-state index in [1.165, 1.54) is 6.07 Å². The van der Waals surface area contributed by atoms with Gasteiger partial charge in [0.2, 0.25) is 5.91 Å². The van der Waals surface area contributed by atoms with Crippen LogP contribution in [0.4, 0.5) is 10.1 Å². The van der Waals surface area contributed by atoms with Crippen LogP contribution in [-0.2, 0) is 15.6 Å². The normalized spacial score (nSPS) is 16.5. The van der Waals surface area contributed by atoms with Crippen LogP contribution in [0.5, 0.6) is 0 Å². The first-order chi connectivity index (χ1) is 8.04. The molecule has 0 aliphatic heterocycles. The summed E-state index contributed by atoms with van der Waals surface area (Å²) in [6.07, 6.45) is 1.95. The average Bonchev–Trinajstić information content (AvgIpc) is 2.99. The second-order valence-electron chi connectivity index (χ2n) is 4.05. The minimum atomic E-state index is -1.55. The maximum absolute atomic E-state index is 13.0. The number of anilines is 1. The van der Waals surface area contributed by atoms with Gasteiger partial charge in [0.05, 0.1) is 10.8 Å². The summed E-state index contributed by atoms with van der Waals surface area (Å²) in [5, 5.41) is 2.73. The first-order valence-corrected chi connectivity index (χ1v) is 6.60. The van der Waals surface area contributed by atoms with E-state index in [0.29, 0.717) is 0 Å². The zero-order valence-electron chi connectivity index (χ0n) is 9.11. The molecule has 2 rings (SSSR count). The maximum Gasteiger partial charge on any atom is 0.233 e. The quantitative estimate of drug-likeness (QED) is 0.782. The summed E-state index contributed by atoms with van der Waals surface area (Å²) < 4.78 is 24.8. The molecule has 1 fully saturated rings. The molecule has 0 bridgehead atoms. The summed E-state index contributed by atoms with van der Waals surface area (Å²) >= 11 is 0. The molecule has 92 valence electrons. The van der Waals surface area contributed by atoms with Gasteiger partial charge in [0.1, 0.15) is 11.6 Å². The van der Waals surface area contributed by atoms with E-state index in [-0.39, 0.29) is 28.3 Å². The van der Waals surface area contributed by atoms with Crippen molar-refractivity contribution >= 4 is 22.4 Å². The molecule has 1 atom stereocenters. The lowest BCUT2D eigenvalue weighted by Gasteiger charge is -2.05. The number of hydrogen-bond acceptors (Lipinski definition) is 3. The zero-order chi connectivity index (χ0) is 12.4. The number of hydrogen-bond donors (Lipinski definition) is 2. The molecule has 1 aromatic carbocycles. The standard InChI is InChI=1S/C11H13FN2O2S/c12-7-3-8(13)5-10(4-7)17(16)6-11(15)14-9-1-2-9/h3-5,9H,1-2,6,13H2,(H,14,15). The molecular weight excluding hydrogens is 243 g/mol. The largest absolute Gasteiger partial charge is 0.399 e. The van der Waals surface area contributed by atoms with E-state index in [4.69, 9.17) is 5.73 Å². The van der Waals surface area contributed by atoms with Gasteiger partial charge in [0, 0.05) is 16.6 Å². The lowest BCUT2D eigenvalue weighted by Crippen LogP contribution is -2.30. The highest BCUT2D eigenvalue weighted by Gasteiger charge is 2.24. The first kappa shape index (κ1) is 12.0. The van der Waals surface area contributed by atoms with Gasteiger partial charge in [-0.25, -0.2) is 4.39 Å². The number of halogens is 1. The maximum atomic E-state index is 13.0. The third-order valence-electron chi connectivity index (χ3n) is 2.36. The number of rotatable bonds is 4. The molecule has 0 aromatic heterocycles. The van der Waals surface area contributed by atoms with Crippen molar-refractivity contribution in [1.29, 1.82) is 0 Å². The molecule has 17 heavy (non-hydrogen) atoms. The molecule has 0 heterocycles. The van der Waals surface area contributed by atoms with E-state index in [1.807, 2.05) is 0 Å². The Bertz CT molecular complexity index is 454. The fourth-order valence-corrected chi connectivity index (χ4v) is 2.41. The third kappa shape index (κ3) is 3.52. The summed E-state index contributed by atoms with van der Waals surface area (Å²) in [5.74, 6) is -0.969. The summed E-state index contributed by atoms with van der Waals surface area (Å²) in [5.41, 5.74) is 5.65. The van der Waals surface area contributed by atoms with Crippen LogP contribution in [0.1, 0.15) is 12.8 Å². The molecule has 3 N–H and O–H groups in total. The molecule has 0 spiro atoms. The number of carbonyl (C=O) groups excluding carboxylic acids is 1. The number of benzene rings is 1. The van der Waals surface area contributed by atoms with Crippen molar-refractivity contribution in [2.45, 2.75) is 23.8 Å². The summed E-state index contributed by atoms with van der Waals surface area (Å²) in [4.78, 5) is 11.7. The van der Waals surface area contributed by atoms with Crippen LogP contribution < -0.4 is 11.1 Å². The molecule has 1 amide bonds. The Morgan fingerprint density at radius 2 is 2.18 bits per heavy atom. The third-order valence-corrected chi connectivity index (χ3v) is 3.65. The predicted molar refractivity (Wildman–Crippen MR) is 63.3 cm³/mol. The molecule has 1 aliphatic rings. The van der Waals surface area contributed by atoms with Crippen molar-refractivity contribution in [3.05, 3.63) is 24.0 Å². The first-order valence-electron chi connectivity index (χ1n) is 5.28. The number of nitrogen functional groups attached to an aromatic ring is 1. The highest BCUT2D eigenvalue weighted by molar-refractivity contribution is 7.85. The van der Waals surface area contributed by atoms with E-state index in [1.54, 1.807) is 0 Å². The van der Waals surface area contributed by atoms with Gasteiger partial charge in [-0.05, 0) is 31.0 Å². The fourth-order valence-electron chi connectivity index (χ4n) is 1.42. The zero-order valence-corrected chi connectivity index (χ0v) is 9.93. The van der Waals surface area contributed by atoms with Gasteiger partial charge in [-0.3, -0.25) is 9.00 Å². The average molecular weight is 256 g/mol. The van der Waals surface area contributed by atoms with Crippen molar-refractivity contribution in [3.63, 3.8) is 0 Å². The number of carbonyl (C=O) groups is 1. The van der Waals surface area contributed by atoms with Gasteiger partial charge >= 0.3 is 0 Å². The van der Waals surface area contributed by atoms with Crippen molar-refractivity contribution in [3.8, 4) is 0 Å². The second kappa shape index (κ2) is 4.83. The molecule has 1 saturated carbocycles. The van der Waals surface area contributed by atoms with Crippen molar-refractivity contribution in [2.75, 3.05) is 11.5 Å². The second-order valence-corrected chi connectivity index (χ2v) is 5.50. The van der Waals surface area contributed by atoms with E-state index in [0.717, 1.165) is 25.0 Å². The van der Waals surface area contributed by atoms with Gasteiger partial charge in [0.15, 0.2) is 0 Å². The Morgan fingerprint density at radius 3 is 2.76 bits per heavy atom. The van der Waals surface area contributed by atoms with Crippen LogP contribution in [-0.4, -0.2) is 21.9 Å². The number of amides is 1. The van der Waals surface area contributed by atoms with Crippen molar-refractivity contribution in [2.24, 2.45) is 0 Å². The van der Waals surface area contributed by atoms with Gasteiger partial charge in [-0.15, -0.1) is 0 Å². The lowest BCUT2D eigenvalue weighted by atomic mass is 10.3. The van der Waals surface area contributed by atoms with E-state index in [9.17, 15) is 13.4 Å². The number of nitrogens with one attached hydrogen (secondary N) is 1. The smallest absolute Gasteiger partial charge is 0.233 e. The van der Waals surface area contributed by atoms with E-state index < -0.39 is 16.6 Å². The molecule has 6 heteroatoms. The van der Waals surface area contributed by atoms with Gasteiger partial charge in [0.25, 0.3) is 0 Å². The van der Waals surface area contributed by atoms with Crippen LogP contribution in [0.15, 0.2) is 23.1 Å². The minimum absolute atomic E-state index is 0.153. The van der Waals surface area contributed by atoms with Gasteiger partial charge in [-0.1, -0.05) is 0 Å². The Labute approximate surface area is 101 Å². The fraction of sp³-hybridized carbons (Fsp3) is 0.364. The van der Waals surface area contributed by atoms with Crippen molar-refractivity contribution in [1.82, 2.24) is 5.32 Å². The Morgan fingerprint density at radius 1 is 1.47 bits per heavy atom. The molecule has 0 saturated heterocycles. The monoisotopic (exact) mass is 256 g/mol. The molecule has 0 radical (unpaired) electrons. The highest BCUT2D eigenvalue weighted by atomic mass is 32.2. The highest BCUT2D eigenvalue weighted by Crippen LogP contribution is 2.19. The van der Waals surface area contributed by atoms with E-state index >= 15 is 0 Å². The number of nitrogens with two attached hydrogens (primary N) is 1. The van der Waals surface area contributed by atoms with Gasteiger partial charge < -0.3 is 11.1 Å². The molecule has 4 nitrogen and oxygen atoms in total. The van der Waals surface area contributed by atoms with Crippen LogP contribution in [0.2, 0.25) is 0 Å². The van der Waals surface area contributed by atoms with E-state index in [2.05, 4.69) is 5.32 Å². The summed E-state index contributed by atoms with van der Waals surface area (Å²) in [6, 6.07) is 3.93. The van der Waals surface area contributed by atoms with Gasteiger partial charge in [-0.2, -0.15) is 0 Å². The summed E-state index contributed by atoms with van der Waals surface area (Å²) in [6.45, 7) is 0. The Hall–Kier alpha value is -1.43. The molecule has 1 aliphatic carbocycles. The Balaban J connectivity index is 2.00. The van der Waals surface area contributed by atoms with Crippen LogP contribution in [0, 0.1) is 5.82 Å². The molecular formula is C11H13FN2O2S. The minimum Gasteiger partial charge on any atom is -0.399 e. The lowest BCUT2D eigenvalue weighted by molar-refractivity contribution is -0.118. The van der Waals surface area contributed by atoms with Crippen LogP contribution in [0.25, 0.3) is 0 Å². The molecule has 1 unspecified atom stereocenters. The molecule has 1 aromatic rings. The summed E-state index contributed by atoms with van der Waals surface area (Å²) in [7, 11) is -1.55. The predicted octanol–water partition coefficient (Wildman–Crippen LogP) is 0.794.